The number of hydrogen-bond donors (Lipinski definition) is 0. The normalized spacial score (nSPS) is 16.1. The summed E-state index contributed by atoms with van der Waals surface area (Å²) >= 11 is 0. The summed E-state index contributed by atoms with van der Waals surface area (Å²) in [6.45, 7) is -1.22. The molecule has 0 unspecified atom stereocenters. The molecule has 0 saturated carbocycles. The summed E-state index contributed by atoms with van der Waals surface area (Å²) < 4.78 is 208. The van der Waals surface area contributed by atoms with Gasteiger partial charge in [0.1, 0.15) is 0 Å². The SMILES string of the molecule is CC(F)(F)C(F)(F)C(F)(F)C(F)(F)C(F)(F)C(F)(F)C(F)(F)S(=O)(=O)[O-].[K+]. The summed E-state index contributed by atoms with van der Waals surface area (Å²) in [4.78, 5) is 0. The first kappa shape index (κ1) is 29.8. The molecule has 0 aromatic heterocycles. The molecular formula is C8H3F14KO3S. The van der Waals surface area contributed by atoms with Crippen LogP contribution in [0.15, 0.2) is 0 Å². The second kappa shape index (κ2) is 7.36. The molecule has 27 heavy (non-hydrogen) atoms. The minimum Gasteiger partial charge on any atom is -0.743 e. The Bertz CT molecular complexity index is 652. The number of hydrogen-bond acceptors (Lipinski definition) is 3. The standard InChI is InChI=1S/C8H4F14O3S.K/c1-2(9,10)3(11,12)4(13,14)5(15,16)6(17,18)7(19,20)8(21,22)26(23,24)25;/h1H3,(H,23,24,25);/q;+1/p-1. The molecule has 0 fully saturated rings. The van der Waals surface area contributed by atoms with Crippen LogP contribution in [-0.4, -0.2) is 53.8 Å². The Hall–Kier alpha value is 0.566. The predicted molar refractivity (Wildman–Crippen MR) is 50.0 cm³/mol. The third kappa shape index (κ3) is 3.97. The van der Waals surface area contributed by atoms with Crippen LogP contribution in [0.4, 0.5) is 61.5 Å². The molecule has 0 aromatic carbocycles. The molecule has 0 aliphatic heterocycles. The van der Waals surface area contributed by atoms with E-state index in [1.54, 1.807) is 0 Å². The quantitative estimate of drug-likeness (QED) is 0.308. The maximum atomic E-state index is 13.0. The number of alkyl halides is 14. The fraction of sp³-hybridized carbons (Fsp3) is 1.00. The number of rotatable bonds is 7. The van der Waals surface area contributed by atoms with Crippen molar-refractivity contribution in [3.05, 3.63) is 0 Å². The van der Waals surface area contributed by atoms with Gasteiger partial charge >= 0.3 is 92.2 Å². The molecule has 0 spiro atoms. The van der Waals surface area contributed by atoms with Crippen LogP contribution in [0.3, 0.4) is 0 Å². The van der Waals surface area contributed by atoms with Crippen LogP contribution in [0.1, 0.15) is 6.92 Å². The Morgan fingerprint density at radius 3 is 1.00 bits per heavy atom. The van der Waals surface area contributed by atoms with Gasteiger partial charge < -0.3 is 4.55 Å². The van der Waals surface area contributed by atoms with Gasteiger partial charge in [0.15, 0.2) is 10.1 Å². The van der Waals surface area contributed by atoms with E-state index in [0.29, 0.717) is 0 Å². The van der Waals surface area contributed by atoms with Crippen LogP contribution in [-0.2, 0) is 10.1 Å². The second-order valence-corrected chi connectivity index (χ2v) is 6.15. The van der Waals surface area contributed by atoms with Crippen molar-refractivity contribution in [2.24, 2.45) is 0 Å². The Balaban J connectivity index is 0. The van der Waals surface area contributed by atoms with E-state index in [4.69, 9.17) is 0 Å². The zero-order valence-electron chi connectivity index (χ0n) is 12.4. The molecule has 0 atom stereocenters. The van der Waals surface area contributed by atoms with Gasteiger partial charge in [0.25, 0.3) is 0 Å². The van der Waals surface area contributed by atoms with E-state index in [1.807, 2.05) is 0 Å². The van der Waals surface area contributed by atoms with E-state index in [0.717, 1.165) is 0 Å². The first-order valence-corrected chi connectivity index (χ1v) is 6.76. The third-order valence-corrected chi connectivity index (χ3v) is 3.69. The minimum atomic E-state index is -8.42. The molecule has 0 heterocycles. The van der Waals surface area contributed by atoms with Gasteiger partial charge in [0.2, 0.25) is 0 Å². The molecule has 3 nitrogen and oxygen atoms in total. The van der Waals surface area contributed by atoms with Crippen LogP contribution >= 0.6 is 0 Å². The van der Waals surface area contributed by atoms with E-state index in [-0.39, 0.29) is 51.4 Å². The molecule has 0 rings (SSSR count). The number of halogens is 14. The van der Waals surface area contributed by atoms with Crippen LogP contribution in [0.25, 0.3) is 0 Å². The topological polar surface area (TPSA) is 57.2 Å². The first-order chi connectivity index (χ1) is 10.8. The fourth-order valence-electron chi connectivity index (χ4n) is 1.21. The van der Waals surface area contributed by atoms with Gasteiger partial charge in [-0.2, -0.15) is 61.5 Å². The van der Waals surface area contributed by atoms with Gasteiger partial charge in [-0.15, -0.1) is 0 Å². The summed E-state index contributed by atoms with van der Waals surface area (Å²) in [5.74, 6) is -46.9. The average molecular weight is 484 g/mol. The summed E-state index contributed by atoms with van der Waals surface area (Å²) in [6.07, 6.45) is 0. The zero-order chi connectivity index (χ0) is 22.0. The summed E-state index contributed by atoms with van der Waals surface area (Å²) in [5.41, 5.74) is 0. The van der Waals surface area contributed by atoms with Crippen LogP contribution in [0, 0.1) is 0 Å². The zero-order valence-corrected chi connectivity index (χ0v) is 16.4. The van der Waals surface area contributed by atoms with Crippen molar-refractivity contribution < 1.29 is 126 Å². The maximum Gasteiger partial charge on any atom is 1.00 e. The van der Waals surface area contributed by atoms with E-state index < -0.39 is 57.8 Å². The molecule has 0 radical (unpaired) electrons. The first-order valence-electron chi connectivity index (χ1n) is 5.35. The van der Waals surface area contributed by atoms with E-state index in [9.17, 15) is 74.4 Å². The van der Waals surface area contributed by atoms with Crippen molar-refractivity contribution in [2.75, 3.05) is 0 Å². The van der Waals surface area contributed by atoms with Crippen LogP contribution in [0.5, 0.6) is 0 Å². The minimum absolute atomic E-state index is 0. The van der Waals surface area contributed by atoms with Gasteiger partial charge in [-0.1, -0.05) is 0 Å². The smallest absolute Gasteiger partial charge is 0.743 e. The molecule has 0 bridgehead atoms. The Morgan fingerprint density at radius 2 is 0.778 bits per heavy atom. The van der Waals surface area contributed by atoms with E-state index in [1.165, 1.54) is 0 Å². The van der Waals surface area contributed by atoms with E-state index >= 15 is 0 Å². The molecule has 0 aliphatic carbocycles. The molecule has 0 N–H and O–H groups in total. The van der Waals surface area contributed by atoms with Gasteiger partial charge in [-0.05, 0) is 0 Å². The molecule has 158 valence electrons. The van der Waals surface area contributed by atoms with Crippen molar-refractivity contribution in [1.29, 1.82) is 0 Å². The third-order valence-electron chi connectivity index (χ3n) is 2.81. The predicted octanol–water partition coefficient (Wildman–Crippen LogP) is 0.960. The van der Waals surface area contributed by atoms with Gasteiger partial charge in [0, 0.05) is 6.92 Å². The van der Waals surface area contributed by atoms with Gasteiger partial charge in [0.05, 0.1) is 0 Å². The average Bonchev–Trinajstić information content (AvgIpc) is 2.34. The second-order valence-electron chi connectivity index (χ2n) is 4.73. The van der Waals surface area contributed by atoms with Crippen molar-refractivity contribution >= 4 is 10.1 Å². The summed E-state index contributed by atoms with van der Waals surface area (Å²) in [6, 6.07) is 0. The van der Waals surface area contributed by atoms with Crippen molar-refractivity contribution in [3.63, 3.8) is 0 Å². The molecule has 0 saturated heterocycles. The summed E-state index contributed by atoms with van der Waals surface area (Å²) in [5, 5.41) is -7.72. The molecule has 0 aliphatic rings. The molecular weight excluding hydrogens is 481 g/mol. The Labute approximate surface area is 182 Å². The van der Waals surface area contributed by atoms with Crippen molar-refractivity contribution in [1.82, 2.24) is 0 Å². The molecule has 19 heteroatoms. The summed E-state index contributed by atoms with van der Waals surface area (Å²) in [7, 11) is -7.94. The monoisotopic (exact) mass is 484 g/mol. The Kier molecular flexibility index (Phi) is 8.12. The maximum absolute atomic E-state index is 13.0. The van der Waals surface area contributed by atoms with Crippen LogP contribution in [0.2, 0.25) is 0 Å². The van der Waals surface area contributed by atoms with Gasteiger partial charge in [-0.3, -0.25) is 0 Å². The largest absolute Gasteiger partial charge is 1.00 e. The van der Waals surface area contributed by atoms with Crippen molar-refractivity contribution in [2.45, 2.75) is 47.7 Å². The van der Waals surface area contributed by atoms with Crippen LogP contribution < -0.4 is 51.4 Å². The van der Waals surface area contributed by atoms with E-state index in [2.05, 4.69) is 0 Å². The molecule has 0 aromatic rings. The van der Waals surface area contributed by atoms with Crippen molar-refractivity contribution in [3.8, 4) is 0 Å². The Morgan fingerprint density at radius 1 is 0.556 bits per heavy atom. The van der Waals surface area contributed by atoms with Gasteiger partial charge in [-0.25, -0.2) is 8.42 Å². The molecule has 0 amide bonds. The fourth-order valence-corrected chi connectivity index (χ4v) is 1.65.